The molecule has 2 aromatic carbocycles. The van der Waals surface area contributed by atoms with Crippen molar-refractivity contribution < 1.29 is 23.9 Å². The fourth-order valence-corrected chi connectivity index (χ4v) is 2.48. The Kier molecular flexibility index (Phi) is 7.96. The first-order valence-electron chi connectivity index (χ1n) is 8.80. The van der Waals surface area contributed by atoms with E-state index < -0.39 is 24.5 Å². The molecule has 1 amide bonds. The second kappa shape index (κ2) is 10.7. The minimum absolute atomic E-state index is 0.165. The number of methoxy groups -OCH3 is 1. The third-order valence-corrected chi connectivity index (χ3v) is 3.96. The highest BCUT2D eigenvalue weighted by molar-refractivity contribution is 5.91. The summed E-state index contributed by atoms with van der Waals surface area (Å²) in [5, 5.41) is 2.60. The topological polar surface area (TPSA) is 81.7 Å². The van der Waals surface area contributed by atoms with Gasteiger partial charge in [0.2, 0.25) is 0 Å². The molecule has 0 spiro atoms. The zero-order chi connectivity index (χ0) is 20.4. The molecule has 0 saturated carbocycles. The summed E-state index contributed by atoms with van der Waals surface area (Å²) < 4.78 is 10.0. The molecular formula is C22H23NO5. The number of carbonyl (C=O) groups excluding carboxylic acids is 3. The zero-order valence-electron chi connectivity index (χ0n) is 15.9. The molecule has 0 saturated heterocycles. The number of esters is 1. The molecule has 2 rings (SSSR count). The molecule has 0 aliphatic rings. The number of nitrogens with one attached hydrogen (secondary N) is 1. The highest BCUT2D eigenvalue weighted by Gasteiger charge is 2.18. The average Bonchev–Trinajstić information content (AvgIpc) is 2.71. The number of benzene rings is 2. The van der Waals surface area contributed by atoms with E-state index in [1.54, 1.807) is 37.5 Å². The summed E-state index contributed by atoms with van der Waals surface area (Å²) in [4.78, 5) is 35.6. The molecule has 1 N–H and O–H groups in total. The van der Waals surface area contributed by atoms with Gasteiger partial charge in [-0.05, 0) is 42.7 Å². The summed E-state index contributed by atoms with van der Waals surface area (Å²) in [5.74, 6) is -0.676. The maximum Gasteiger partial charge on any atom is 0.331 e. The molecule has 0 bridgehead atoms. The molecule has 0 fully saturated rings. The summed E-state index contributed by atoms with van der Waals surface area (Å²) in [7, 11) is 1.56. The van der Waals surface area contributed by atoms with Crippen LogP contribution < -0.4 is 10.1 Å². The highest BCUT2D eigenvalue weighted by Crippen LogP contribution is 2.13. The Morgan fingerprint density at radius 2 is 1.82 bits per heavy atom. The first-order valence-corrected chi connectivity index (χ1v) is 8.80. The predicted octanol–water partition coefficient (Wildman–Crippen LogP) is 2.57. The van der Waals surface area contributed by atoms with Crippen LogP contribution >= 0.6 is 0 Å². The third-order valence-electron chi connectivity index (χ3n) is 3.96. The molecule has 28 heavy (non-hydrogen) atoms. The van der Waals surface area contributed by atoms with Gasteiger partial charge in [-0.2, -0.15) is 0 Å². The van der Waals surface area contributed by atoms with E-state index in [4.69, 9.17) is 9.47 Å². The largest absolute Gasteiger partial charge is 0.497 e. The number of Topliss-reactive ketones (excluding diaryl/α,β-unsaturated/α-hetero) is 1. The Bertz CT molecular complexity index is 845. The molecule has 1 atom stereocenters. The Morgan fingerprint density at radius 1 is 1.07 bits per heavy atom. The molecule has 0 aliphatic heterocycles. The van der Waals surface area contributed by atoms with Crippen LogP contribution in [0.5, 0.6) is 5.75 Å². The van der Waals surface area contributed by atoms with Gasteiger partial charge < -0.3 is 14.8 Å². The van der Waals surface area contributed by atoms with E-state index in [9.17, 15) is 14.4 Å². The average molecular weight is 381 g/mol. The van der Waals surface area contributed by atoms with Gasteiger partial charge in [0.25, 0.3) is 5.91 Å². The van der Waals surface area contributed by atoms with Crippen LogP contribution in [-0.2, 0) is 25.5 Å². The molecule has 6 nitrogen and oxygen atoms in total. The van der Waals surface area contributed by atoms with Gasteiger partial charge in [0, 0.05) is 6.08 Å². The van der Waals surface area contributed by atoms with Crippen molar-refractivity contribution in [3.63, 3.8) is 0 Å². The lowest BCUT2D eigenvalue weighted by atomic mass is 10.0. The van der Waals surface area contributed by atoms with E-state index in [2.05, 4.69) is 5.32 Å². The van der Waals surface area contributed by atoms with E-state index in [1.165, 1.54) is 13.0 Å². The molecule has 0 aliphatic carbocycles. The van der Waals surface area contributed by atoms with Crippen molar-refractivity contribution in [3.8, 4) is 5.75 Å². The van der Waals surface area contributed by atoms with Crippen molar-refractivity contribution in [2.75, 3.05) is 13.7 Å². The van der Waals surface area contributed by atoms with Crippen molar-refractivity contribution in [1.29, 1.82) is 0 Å². The van der Waals surface area contributed by atoms with Crippen LogP contribution in [-0.4, -0.2) is 37.4 Å². The fourth-order valence-electron chi connectivity index (χ4n) is 2.48. The molecule has 0 radical (unpaired) electrons. The normalized spacial score (nSPS) is 11.6. The number of carbonyl (C=O) groups is 3. The number of ether oxygens (including phenoxy) is 2. The van der Waals surface area contributed by atoms with E-state index in [-0.39, 0.29) is 5.78 Å². The lowest BCUT2D eigenvalue weighted by Crippen LogP contribution is -2.43. The minimum Gasteiger partial charge on any atom is -0.497 e. The number of rotatable bonds is 9. The summed E-state index contributed by atoms with van der Waals surface area (Å²) in [6.45, 7) is 0.955. The van der Waals surface area contributed by atoms with Crippen molar-refractivity contribution in [1.82, 2.24) is 5.32 Å². The first-order chi connectivity index (χ1) is 13.5. The lowest BCUT2D eigenvalue weighted by molar-refractivity contribution is -0.144. The van der Waals surface area contributed by atoms with Gasteiger partial charge in [0.15, 0.2) is 12.4 Å². The summed E-state index contributed by atoms with van der Waals surface area (Å²) in [6.07, 6.45) is 3.18. The predicted molar refractivity (Wildman–Crippen MR) is 106 cm³/mol. The Morgan fingerprint density at radius 3 is 2.50 bits per heavy atom. The van der Waals surface area contributed by atoms with Crippen molar-refractivity contribution in [2.45, 2.75) is 19.4 Å². The quantitative estimate of drug-likeness (QED) is 0.533. The van der Waals surface area contributed by atoms with Crippen LogP contribution in [0.2, 0.25) is 0 Å². The maximum atomic E-state index is 12.0. The molecule has 146 valence electrons. The van der Waals surface area contributed by atoms with E-state index in [0.717, 1.165) is 11.1 Å². The Hall–Kier alpha value is -3.41. The Balaban J connectivity index is 1.83. The molecule has 0 heterocycles. The highest BCUT2D eigenvalue weighted by atomic mass is 16.5. The van der Waals surface area contributed by atoms with Crippen molar-refractivity contribution in [3.05, 3.63) is 71.8 Å². The lowest BCUT2D eigenvalue weighted by Gasteiger charge is -2.16. The van der Waals surface area contributed by atoms with Gasteiger partial charge in [-0.15, -0.1) is 0 Å². The molecule has 6 heteroatoms. The van der Waals surface area contributed by atoms with Crippen LogP contribution in [0.15, 0.2) is 60.7 Å². The van der Waals surface area contributed by atoms with E-state index >= 15 is 0 Å². The second-order valence-corrected chi connectivity index (χ2v) is 6.14. The number of hydrogen-bond acceptors (Lipinski definition) is 5. The first kappa shape index (κ1) is 20.9. The summed E-state index contributed by atoms with van der Waals surface area (Å²) in [6, 6.07) is 15.9. The fraction of sp³-hybridized carbons (Fsp3) is 0.227. The van der Waals surface area contributed by atoms with Gasteiger partial charge in [0.1, 0.15) is 5.75 Å². The van der Waals surface area contributed by atoms with Gasteiger partial charge in [-0.1, -0.05) is 42.5 Å². The van der Waals surface area contributed by atoms with Crippen LogP contribution in [0.25, 0.3) is 6.08 Å². The molecule has 0 aromatic heterocycles. The number of amides is 1. The van der Waals surface area contributed by atoms with Crippen molar-refractivity contribution >= 4 is 23.7 Å². The Labute approximate surface area is 164 Å². The van der Waals surface area contributed by atoms with E-state index in [0.29, 0.717) is 12.2 Å². The van der Waals surface area contributed by atoms with Gasteiger partial charge in [0.05, 0.1) is 13.2 Å². The standard InChI is InChI=1S/C22H23NO5/c1-16(24)20(14-17-7-4-3-5-8-17)23-21(25)15-28-22(26)12-11-18-9-6-10-19(13-18)27-2/h3-13,20H,14-15H2,1-2H3,(H,23,25)/b12-11+/t20-/m1/s1. The number of ketones is 1. The summed E-state index contributed by atoms with van der Waals surface area (Å²) >= 11 is 0. The minimum atomic E-state index is -0.666. The molecular weight excluding hydrogens is 358 g/mol. The van der Waals surface area contributed by atoms with Crippen LogP contribution in [0, 0.1) is 0 Å². The smallest absolute Gasteiger partial charge is 0.331 e. The van der Waals surface area contributed by atoms with Crippen LogP contribution in [0.1, 0.15) is 18.1 Å². The number of hydrogen-bond donors (Lipinski definition) is 1. The zero-order valence-corrected chi connectivity index (χ0v) is 15.9. The summed E-state index contributed by atoms with van der Waals surface area (Å²) in [5.41, 5.74) is 1.70. The monoisotopic (exact) mass is 381 g/mol. The third kappa shape index (κ3) is 7.07. The van der Waals surface area contributed by atoms with Gasteiger partial charge >= 0.3 is 5.97 Å². The van der Waals surface area contributed by atoms with Gasteiger partial charge in [-0.3, -0.25) is 9.59 Å². The van der Waals surface area contributed by atoms with Crippen molar-refractivity contribution in [2.24, 2.45) is 0 Å². The maximum absolute atomic E-state index is 12.0. The van der Waals surface area contributed by atoms with Crippen LogP contribution in [0.3, 0.4) is 0 Å². The van der Waals surface area contributed by atoms with E-state index in [1.807, 2.05) is 30.3 Å². The van der Waals surface area contributed by atoms with Crippen LogP contribution in [0.4, 0.5) is 0 Å². The molecule has 0 unspecified atom stereocenters. The van der Waals surface area contributed by atoms with Gasteiger partial charge in [-0.25, -0.2) is 4.79 Å². The second-order valence-electron chi connectivity index (χ2n) is 6.14. The molecule has 2 aromatic rings. The SMILES string of the molecule is COc1cccc(/C=C/C(=O)OCC(=O)N[C@H](Cc2ccccc2)C(C)=O)c1.